The van der Waals surface area contributed by atoms with Gasteiger partial charge in [0.05, 0.1) is 9.79 Å². The van der Waals surface area contributed by atoms with E-state index in [-0.39, 0.29) is 9.79 Å². The number of hydrogen-bond donors (Lipinski definition) is 2. The highest BCUT2D eigenvalue weighted by atomic mass is 32.2. The van der Waals surface area contributed by atoms with Crippen molar-refractivity contribution in [2.24, 2.45) is 0 Å². The maximum atomic E-state index is 12.7. The number of piperazine rings is 1. The van der Waals surface area contributed by atoms with Crippen LogP contribution in [0.3, 0.4) is 0 Å². The number of nitrogens with one attached hydrogen (secondary N) is 2. The average Bonchev–Trinajstić information content (AvgIpc) is 2.95. The normalized spacial score (nSPS) is 15.5. The number of rotatable bonds is 13. The summed E-state index contributed by atoms with van der Waals surface area (Å²) in [5, 5.41) is 0. The molecule has 3 aromatic rings. The predicted molar refractivity (Wildman–Crippen MR) is 151 cm³/mol. The first kappa shape index (κ1) is 28.4. The molecule has 8 nitrogen and oxygen atoms in total. The molecule has 4 rings (SSSR count). The van der Waals surface area contributed by atoms with E-state index in [2.05, 4.69) is 19.2 Å². The Hall–Kier alpha value is -2.60. The Kier molecular flexibility index (Phi) is 10.1. The lowest BCUT2D eigenvalue weighted by atomic mass is 10.1. The summed E-state index contributed by atoms with van der Waals surface area (Å²) < 4.78 is 55.3. The summed E-state index contributed by atoms with van der Waals surface area (Å²) >= 11 is 0. The molecule has 1 aliphatic heterocycles. The number of nitrogens with zero attached hydrogens (tertiary/aromatic N) is 2. The number of benzene rings is 3. The Morgan fingerprint density at radius 3 is 1.39 bits per heavy atom. The number of sulfonamides is 2. The zero-order valence-corrected chi connectivity index (χ0v) is 23.1. The van der Waals surface area contributed by atoms with E-state index in [1.165, 1.54) is 0 Å². The average molecular weight is 557 g/mol. The molecule has 0 unspecified atom stereocenters. The van der Waals surface area contributed by atoms with E-state index < -0.39 is 20.0 Å². The first-order valence-electron chi connectivity index (χ1n) is 13.0. The molecular weight excluding hydrogens is 520 g/mol. The highest BCUT2D eigenvalue weighted by Gasteiger charge is 2.18. The Balaban J connectivity index is 1.10. The monoisotopic (exact) mass is 556 g/mol. The van der Waals surface area contributed by atoms with E-state index in [0.717, 1.165) is 63.2 Å². The lowest BCUT2D eigenvalue weighted by Crippen LogP contribution is -2.47. The van der Waals surface area contributed by atoms with Crippen molar-refractivity contribution in [3.63, 3.8) is 0 Å². The molecule has 1 heterocycles. The van der Waals surface area contributed by atoms with Crippen LogP contribution in [0.4, 0.5) is 0 Å². The maximum Gasteiger partial charge on any atom is 0.240 e. The van der Waals surface area contributed by atoms with E-state index in [0.29, 0.717) is 13.1 Å². The van der Waals surface area contributed by atoms with Gasteiger partial charge < -0.3 is 9.80 Å². The summed E-state index contributed by atoms with van der Waals surface area (Å²) in [6.07, 6.45) is 1.49. The molecule has 204 valence electrons. The van der Waals surface area contributed by atoms with Gasteiger partial charge in [-0.25, -0.2) is 26.3 Å². The van der Waals surface area contributed by atoms with Crippen molar-refractivity contribution in [1.29, 1.82) is 0 Å². The third-order valence-corrected chi connectivity index (χ3v) is 9.63. The van der Waals surface area contributed by atoms with Gasteiger partial charge in [-0.1, -0.05) is 60.7 Å². The third kappa shape index (κ3) is 8.20. The molecule has 0 atom stereocenters. The van der Waals surface area contributed by atoms with Crippen molar-refractivity contribution in [2.45, 2.75) is 22.6 Å². The molecular formula is C28H36N4O4S2. The van der Waals surface area contributed by atoms with Crippen molar-refractivity contribution < 1.29 is 16.8 Å². The highest BCUT2D eigenvalue weighted by molar-refractivity contribution is 7.89. The topological polar surface area (TPSA) is 98.8 Å². The van der Waals surface area contributed by atoms with Crippen molar-refractivity contribution in [2.75, 3.05) is 52.4 Å². The van der Waals surface area contributed by atoms with Gasteiger partial charge in [0.25, 0.3) is 0 Å². The van der Waals surface area contributed by atoms with Gasteiger partial charge in [0.15, 0.2) is 0 Å². The molecule has 3 aromatic carbocycles. The van der Waals surface area contributed by atoms with Crippen LogP contribution in [0.25, 0.3) is 11.1 Å². The fourth-order valence-electron chi connectivity index (χ4n) is 4.48. The second kappa shape index (κ2) is 13.5. The van der Waals surface area contributed by atoms with Crippen molar-refractivity contribution in [3.8, 4) is 11.1 Å². The van der Waals surface area contributed by atoms with E-state index in [4.69, 9.17) is 0 Å². The third-order valence-electron chi connectivity index (χ3n) is 6.68. The molecule has 0 aliphatic carbocycles. The van der Waals surface area contributed by atoms with Gasteiger partial charge >= 0.3 is 0 Å². The van der Waals surface area contributed by atoms with E-state index in [1.54, 1.807) is 42.5 Å². The zero-order valence-electron chi connectivity index (χ0n) is 21.5. The Morgan fingerprint density at radius 1 is 0.526 bits per heavy atom. The molecule has 1 fully saturated rings. The van der Waals surface area contributed by atoms with Crippen molar-refractivity contribution >= 4 is 20.0 Å². The summed E-state index contributed by atoms with van der Waals surface area (Å²) in [5.74, 6) is 0. The Morgan fingerprint density at radius 2 is 0.921 bits per heavy atom. The minimum Gasteiger partial charge on any atom is -0.301 e. The second-order valence-corrected chi connectivity index (χ2v) is 12.9. The molecule has 1 saturated heterocycles. The highest BCUT2D eigenvalue weighted by Crippen LogP contribution is 2.21. The Labute approximate surface area is 226 Å². The first-order valence-corrected chi connectivity index (χ1v) is 15.9. The lowest BCUT2D eigenvalue weighted by Gasteiger charge is -2.34. The molecule has 0 amide bonds. The molecule has 10 heteroatoms. The fourth-order valence-corrected chi connectivity index (χ4v) is 6.65. The zero-order chi connectivity index (χ0) is 26.8. The van der Waals surface area contributed by atoms with Crippen LogP contribution < -0.4 is 9.44 Å². The lowest BCUT2D eigenvalue weighted by molar-refractivity contribution is 0.131. The van der Waals surface area contributed by atoms with E-state index in [9.17, 15) is 16.8 Å². The van der Waals surface area contributed by atoms with Crippen molar-refractivity contribution in [3.05, 3.63) is 84.9 Å². The SMILES string of the molecule is O=S(=O)(NCCCN1CCN(CCCNS(=O)(=O)c2ccc(-c3ccccc3)cc2)CC1)c1ccccc1. The van der Waals surface area contributed by atoms with E-state index >= 15 is 0 Å². The van der Waals surface area contributed by atoms with Crippen LogP contribution in [0.15, 0.2) is 94.7 Å². The van der Waals surface area contributed by atoms with Gasteiger partial charge in [-0.15, -0.1) is 0 Å². The summed E-state index contributed by atoms with van der Waals surface area (Å²) in [6.45, 7) is 6.16. The molecule has 2 N–H and O–H groups in total. The predicted octanol–water partition coefficient (Wildman–Crippen LogP) is 3.01. The van der Waals surface area contributed by atoms with Gasteiger partial charge in [-0.2, -0.15) is 0 Å². The first-order chi connectivity index (χ1) is 18.3. The molecule has 0 aromatic heterocycles. The van der Waals surface area contributed by atoms with Crippen LogP contribution in [0, 0.1) is 0 Å². The largest absolute Gasteiger partial charge is 0.301 e. The van der Waals surface area contributed by atoms with Gasteiger partial charge in [-0.05, 0) is 61.3 Å². The quantitative estimate of drug-likeness (QED) is 0.314. The maximum absolute atomic E-state index is 12.7. The van der Waals surface area contributed by atoms with Gasteiger partial charge in [0, 0.05) is 39.3 Å². The van der Waals surface area contributed by atoms with Crippen LogP contribution in [0.5, 0.6) is 0 Å². The molecule has 0 bridgehead atoms. The fraction of sp³-hybridized carbons (Fsp3) is 0.357. The molecule has 38 heavy (non-hydrogen) atoms. The molecule has 0 radical (unpaired) electrons. The molecule has 1 aliphatic rings. The van der Waals surface area contributed by atoms with Gasteiger partial charge in [0.2, 0.25) is 20.0 Å². The minimum absolute atomic E-state index is 0.275. The second-order valence-electron chi connectivity index (χ2n) is 9.39. The summed E-state index contributed by atoms with van der Waals surface area (Å²) in [4.78, 5) is 5.25. The summed E-state index contributed by atoms with van der Waals surface area (Å²) in [7, 11) is -6.99. The van der Waals surface area contributed by atoms with Crippen molar-refractivity contribution in [1.82, 2.24) is 19.2 Å². The van der Waals surface area contributed by atoms with E-state index in [1.807, 2.05) is 42.5 Å². The standard InChI is InChI=1S/C28H36N4O4S2/c33-37(34,27-11-5-2-6-12-27)29-17-7-19-31-21-23-32(24-22-31)20-8-18-30-38(35,36)28-15-13-26(14-16-28)25-9-3-1-4-10-25/h1-6,9-16,29-30H,7-8,17-24H2. The Bertz CT molecular complexity index is 1340. The van der Waals surface area contributed by atoms with Crippen LogP contribution in [0.1, 0.15) is 12.8 Å². The van der Waals surface area contributed by atoms with Gasteiger partial charge in [0.1, 0.15) is 0 Å². The van der Waals surface area contributed by atoms with Crippen LogP contribution >= 0.6 is 0 Å². The minimum atomic E-state index is -3.54. The smallest absolute Gasteiger partial charge is 0.240 e. The van der Waals surface area contributed by atoms with Gasteiger partial charge in [-0.3, -0.25) is 0 Å². The summed E-state index contributed by atoms with van der Waals surface area (Å²) in [6, 6.07) is 25.3. The number of hydrogen-bond acceptors (Lipinski definition) is 6. The van der Waals surface area contributed by atoms with Crippen LogP contribution in [-0.4, -0.2) is 79.0 Å². The summed E-state index contributed by atoms with van der Waals surface area (Å²) in [5.41, 5.74) is 2.04. The van der Waals surface area contributed by atoms with Crippen LogP contribution in [-0.2, 0) is 20.0 Å². The molecule has 0 saturated carbocycles. The van der Waals surface area contributed by atoms with Crippen LogP contribution in [0.2, 0.25) is 0 Å². The molecule has 0 spiro atoms.